The van der Waals surface area contributed by atoms with Crippen LogP contribution in [0.1, 0.15) is 40.1 Å². The fraction of sp³-hybridized carbons (Fsp3) is 0.179. The summed E-state index contributed by atoms with van der Waals surface area (Å²) >= 11 is 0. The molecule has 3 aromatic carbocycles. The van der Waals surface area contributed by atoms with Gasteiger partial charge in [-0.2, -0.15) is 8.42 Å². The summed E-state index contributed by atoms with van der Waals surface area (Å²) in [4.78, 5) is 34.9. The summed E-state index contributed by atoms with van der Waals surface area (Å²) in [6.45, 7) is 2.49. The Morgan fingerprint density at radius 3 is 2.00 bits per heavy atom. The highest BCUT2D eigenvalue weighted by Crippen LogP contribution is 2.29. The van der Waals surface area contributed by atoms with Crippen molar-refractivity contribution in [1.82, 2.24) is 0 Å². The molecule has 38 heavy (non-hydrogen) atoms. The number of carbonyl (C=O) groups is 3. The molecule has 4 rings (SSSR count). The van der Waals surface area contributed by atoms with Crippen molar-refractivity contribution in [2.45, 2.75) is 24.3 Å². The highest BCUT2D eigenvalue weighted by Gasteiger charge is 2.41. The first-order chi connectivity index (χ1) is 18.1. The van der Waals surface area contributed by atoms with E-state index < -0.39 is 39.0 Å². The fourth-order valence-electron chi connectivity index (χ4n) is 3.34. The van der Waals surface area contributed by atoms with Crippen molar-refractivity contribution in [3.05, 3.63) is 113 Å². The molecule has 0 amide bonds. The molecule has 0 aliphatic carbocycles. The molecule has 10 heteroatoms. The molecule has 0 saturated carbocycles. The van der Waals surface area contributed by atoms with Crippen molar-refractivity contribution in [2.24, 2.45) is 0 Å². The molecule has 1 aliphatic rings. The van der Waals surface area contributed by atoms with Gasteiger partial charge in [-0.1, -0.05) is 72.8 Å². The predicted octanol–water partition coefficient (Wildman–Crippen LogP) is 3.79. The van der Waals surface area contributed by atoms with Gasteiger partial charge in [0.05, 0.1) is 17.7 Å². The van der Waals surface area contributed by atoms with E-state index >= 15 is 0 Å². The number of cyclic esters (lactones) is 1. The van der Waals surface area contributed by atoms with E-state index in [2.05, 4.69) is 4.74 Å². The number of esters is 2. The topological polar surface area (TPSA) is 133 Å². The van der Waals surface area contributed by atoms with Crippen LogP contribution in [0.2, 0.25) is 0 Å². The lowest BCUT2D eigenvalue weighted by Gasteiger charge is -2.27. The largest absolute Gasteiger partial charge is 0.462 e. The standard InChI is InChI=1S/C24H22O7S.C4H4O2/c1-2-30-23(26)20-15-9-10-16-21(20)32(28,29)31-17-24(27,19-13-7-4-8-14-19)22(25)18-11-5-3-6-12-18;1-3-2-6-4(3)5/h3-16,27H,2,17H2,1H3;2H,1H3. The zero-order valence-corrected chi connectivity index (χ0v) is 21.5. The van der Waals surface area contributed by atoms with Gasteiger partial charge in [0.25, 0.3) is 10.1 Å². The van der Waals surface area contributed by atoms with E-state index in [1.165, 1.54) is 54.8 Å². The predicted molar refractivity (Wildman–Crippen MR) is 136 cm³/mol. The Kier molecular flexibility index (Phi) is 9.30. The average molecular weight is 539 g/mol. The third-order valence-corrected chi connectivity index (χ3v) is 6.73. The van der Waals surface area contributed by atoms with Crippen molar-refractivity contribution >= 4 is 27.8 Å². The number of aliphatic hydroxyl groups is 1. The Hall–Kier alpha value is -4.12. The van der Waals surface area contributed by atoms with Crippen LogP contribution < -0.4 is 0 Å². The van der Waals surface area contributed by atoms with E-state index in [4.69, 9.17) is 8.92 Å². The van der Waals surface area contributed by atoms with Crippen LogP contribution >= 0.6 is 0 Å². The van der Waals surface area contributed by atoms with Crippen molar-refractivity contribution in [3.63, 3.8) is 0 Å². The molecule has 1 aliphatic heterocycles. The summed E-state index contributed by atoms with van der Waals surface area (Å²) in [5, 5.41) is 11.3. The number of hydrogen-bond acceptors (Lipinski definition) is 9. The number of benzene rings is 3. The lowest BCUT2D eigenvalue weighted by atomic mass is 9.86. The zero-order valence-electron chi connectivity index (χ0n) is 20.7. The van der Waals surface area contributed by atoms with Crippen LogP contribution in [0.15, 0.2) is 102 Å². The van der Waals surface area contributed by atoms with E-state index in [0.717, 1.165) is 0 Å². The summed E-state index contributed by atoms with van der Waals surface area (Å²) in [5.74, 6) is -1.75. The Labute approximate surface area is 220 Å². The molecule has 0 bridgehead atoms. The highest BCUT2D eigenvalue weighted by molar-refractivity contribution is 7.86. The number of ether oxygens (including phenoxy) is 2. The van der Waals surface area contributed by atoms with Gasteiger partial charge in [0.15, 0.2) is 5.60 Å². The smallest absolute Gasteiger partial charge is 0.341 e. The minimum atomic E-state index is -4.52. The maximum Gasteiger partial charge on any atom is 0.341 e. The van der Waals surface area contributed by atoms with Crippen LogP contribution in [-0.4, -0.2) is 44.5 Å². The SMILES string of the molecule is CC1=COC1=O.CCOC(=O)c1ccccc1S(=O)(=O)OCC(O)(C(=O)c1ccccc1)c1ccccc1. The normalized spacial score (nSPS) is 14.0. The zero-order chi connectivity index (χ0) is 27.8. The number of rotatable bonds is 9. The van der Waals surface area contributed by atoms with Crippen LogP contribution in [0.5, 0.6) is 0 Å². The number of ketones is 1. The van der Waals surface area contributed by atoms with Crippen molar-refractivity contribution < 1.29 is 41.6 Å². The van der Waals surface area contributed by atoms with E-state index in [1.54, 1.807) is 50.2 Å². The maximum absolute atomic E-state index is 13.2. The molecule has 9 nitrogen and oxygen atoms in total. The Morgan fingerprint density at radius 2 is 1.47 bits per heavy atom. The minimum absolute atomic E-state index is 0.0629. The molecule has 0 aromatic heterocycles. The monoisotopic (exact) mass is 538 g/mol. The fourth-order valence-corrected chi connectivity index (χ4v) is 4.45. The Bertz CT molecular complexity index is 1430. The van der Waals surface area contributed by atoms with E-state index in [1.807, 2.05) is 0 Å². The van der Waals surface area contributed by atoms with Crippen LogP contribution in [0.4, 0.5) is 0 Å². The Morgan fingerprint density at radius 1 is 0.921 bits per heavy atom. The molecular weight excluding hydrogens is 512 g/mol. The third kappa shape index (κ3) is 6.60. The first-order valence-electron chi connectivity index (χ1n) is 11.5. The van der Waals surface area contributed by atoms with Gasteiger partial charge in [-0.3, -0.25) is 8.98 Å². The molecule has 1 N–H and O–H groups in total. The lowest BCUT2D eigenvalue weighted by molar-refractivity contribution is -0.138. The van der Waals surface area contributed by atoms with Gasteiger partial charge in [-0.05, 0) is 31.5 Å². The van der Waals surface area contributed by atoms with Gasteiger partial charge in [0, 0.05) is 5.56 Å². The molecule has 198 valence electrons. The molecule has 1 atom stereocenters. The molecular formula is C28H26O9S. The van der Waals surface area contributed by atoms with Gasteiger partial charge in [0.2, 0.25) is 5.78 Å². The first kappa shape index (κ1) is 28.5. The van der Waals surface area contributed by atoms with Gasteiger partial charge in [0.1, 0.15) is 17.8 Å². The molecule has 0 fully saturated rings. The lowest BCUT2D eigenvalue weighted by Crippen LogP contribution is -2.41. The van der Waals surface area contributed by atoms with E-state index in [-0.39, 0.29) is 29.3 Å². The highest BCUT2D eigenvalue weighted by atomic mass is 32.2. The van der Waals surface area contributed by atoms with Gasteiger partial charge >= 0.3 is 11.9 Å². The molecule has 0 saturated heterocycles. The summed E-state index contributed by atoms with van der Waals surface area (Å²) in [7, 11) is -4.52. The van der Waals surface area contributed by atoms with Crippen molar-refractivity contribution in [3.8, 4) is 0 Å². The Balaban J connectivity index is 0.000000585. The van der Waals surface area contributed by atoms with E-state index in [9.17, 15) is 27.9 Å². The van der Waals surface area contributed by atoms with Gasteiger partial charge in [-0.25, -0.2) is 9.59 Å². The van der Waals surface area contributed by atoms with Crippen LogP contribution in [0.25, 0.3) is 0 Å². The molecule has 1 unspecified atom stereocenters. The number of Topliss-reactive ketones (excluding diaryl/α,β-unsaturated/α-hetero) is 1. The average Bonchev–Trinajstić information content (AvgIpc) is 2.96. The summed E-state index contributed by atoms with van der Waals surface area (Å²) < 4.78 is 40.2. The summed E-state index contributed by atoms with van der Waals surface area (Å²) in [6.07, 6.45) is 1.43. The minimum Gasteiger partial charge on any atom is -0.462 e. The maximum atomic E-state index is 13.2. The second-order valence-electron chi connectivity index (χ2n) is 8.06. The third-order valence-electron chi connectivity index (χ3n) is 5.40. The summed E-state index contributed by atoms with van der Waals surface area (Å²) in [5.41, 5.74) is -1.43. The van der Waals surface area contributed by atoms with E-state index in [0.29, 0.717) is 5.57 Å². The number of hydrogen-bond donors (Lipinski definition) is 1. The molecule has 3 aromatic rings. The quantitative estimate of drug-likeness (QED) is 0.245. The number of carbonyl (C=O) groups excluding carboxylic acids is 3. The van der Waals surface area contributed by atoms with Crippen LogP contribution in [0.3, 0.4) is 0 Å². The second-order valence-corrected chi connectivity index (χ2v) is 9.64. The van der Waals surface area contributed by atoms with Crippen LogP contribution in [-0.2, 0) is 34.2 Å². The first-order valence-corrected chi connectivity index (χ1v) is 12.9. The van der Waals surface area contributed by atoms with Crippen LogP contribution in [0, 0.1) is 0 Å². The summed E-state index contributed by atoms with van der Waals surface area (Å²) in [6, 6.07) is 21.4. The van der Waals surface area contributed by atoms with Crippen molar-refractivity contribution in [2.75, 3.05) is 13.2 Å². The van der Waals surface area contributed by atoms with Crippen molar-refractivity contribution in [1.29, 1.82) is 0 Å². The van der Waals surface area contributed by atoms with Gasteiger partial charge in [-0.15, -0.1) is 0 Å². The molecule has 0 spiro atoms. The van der Waals surface area contributed by atoms with Gasteiger partial charge < -0.3 is 14.6 Å². The molecule has 1 heterocycles. The second kappa shape index (κ2) is 12.4. The molecule has 0 radical (unpaired) electrons.